The van der Waals surface area contributed by atoms with Crippen LogP contribution < -0.4 is 4.74 Å². The lowest BCUT2D eigenvalue weighted by molar-refractivity contribution is -0.385. The van der Waals surface area contributed by atoms with Crippen molar-refractivity contribution >= 4 is 46.3 Å². The summed E-state index contributed by atoms with van der Waals surface area (Å²) >= 11 is 1.04. The summed E-state index contributed by atoms with van der Waals surface area (Å²) in [5.74, 6) is -1.79. The minimum Gasteiger partial charge on any atom is -0.504 e. The predicted octanol–water partition coefficient (Wildman–Crippen LogP) is 4.02. The van der Waals surface area contributed by atoms with E-state index in [9.17, 15) is 24.8 Å². The number of aromatic carboxylic acids is 1. The van der Waals surface area contributed by atoms with Crippen molar-refractivity contribution < 1.29 is 29.5 Å². The zero-order valence-electron chi connectivity index (χ0n) is 17.1. The monoisotopic (exact) mass is 457 g/mol. The Bertz CT molecular complexity index is 1140. The topological polar surface area (TPSA) is 143 Å². The second-order valence-electron chi connectivity index (χ2n) is 6.48. The van der Waals surface area contributed by atoms with Gasteiger partial charge in [-0.25, -0.2) is 9.79 Å². The summed E-state index contributed by atoms with van der Waals surface area (Å²) < 4.78 is 5.28. The molecule has 1 amide bonds. The van der Waals surface area contributed by atoms with Crippen molar-refractivity contribution in [2.75, 3.05) is 13.2 Å². The van der Waals surface area contributed by atoms with Crippen molar-refractivity contribution in [3.8, 4) is 11.5 Å². The number of rotatable bonds is 7. The van der Waals surface area contributed by atoms with E-state index in [1.807, 2.05) is 0 Å². The second-order valence-corrected chi connectivity index (χ2v) is 7.49. The van der Waals surface area contributed by atoms with Gasteiger partial charge in [0.2, 0.25) is 0 Å². The van der Waals surface area contributed by atoms with Crippen LogP contribution in [0.4, 0.5) is 11.4 Å². The van der Waals surface area contributed by atoms with Crippen LogP contribution in [0.1, 0.15) is 29.8 Å². The lowest BCUT2D eigenvalue weighted by Crippen LogP contribution is -2.28. The van der Waals surface area contributed by atoms with Crippen LogP contribution in [0, 0.1) is 10.1 Å². The highest BCUT2D eigenvalue weighted by atomic mass is 32.2. The minimum absolute atomic E-state index is 0.0521. The van der Waals surface area contributed by atoms with Crippen molar-refractivity contribution in [1.29, 1.82) is 0 Å². The number of aliphatic imine (C=N–C) groups is 1. The summed E-state index contributed by atoms with van der Waals surface area (Å²) in [5.41, 5.74) is 0.361. The molecule has 11 heteroatoms. The van der Waals surface area contributed by atoms with Gasteiger partial charge in [0.05, 0.1) is 33.8 Å². The van der Waals surface area contributed by atoms with Crippen molar-refractivity contribution in [3.05, 3.63) is 62.5 Å². The predicted molar refractivity (Wildman–Crippen MR) is 119 cm³/mol. The molecule has 0 radical (unpaired) electrons. The molecule has 3 rings (SSSR count). The number of carbonyl (C=O) groups excluding carboxylic acids is 1. The summed E-state index contributed by atoms with van der Waals surface area (Å²) in [5, 5.41) is 31.1. The fraction of sp³-hybridized carbons (Fsp3) is 0.190. The van der Waals surface area contributed by atoms with Gasteiger partial charge in [-0.2, -0.15) is 0 Å². The summed E-state index contributed by atoms with van der Waals surface area (Å²) in [6, 6.07) is 8.15. The number of nitro benzene ring substituents is 1. The molecule has 1 saturated heterocycles. The van der Waals surface area contributed by atoms with E-state index >= 15 is 0 Å². The van der Waals surface area contributed by atoms with Crippen molar-refractivity contribution in [2.24, 2.45) is 4.99 Å². The zero-order valence-corrected chi connectivity index (χ0v) is 18.0. The molecular weight excluding hydrogens is 438 g/mol. The van der Waals surface area contributed by atoms with Crippen LogP contribution in [-0.2, 0) is 4.79 Å². The number of hydrogen-bond donors (Lipinski definition) is 2. The largest absolute Gasteiger partial charge is 0.504 e. The Kier molecular flexibility index (Phi) is 6.79. The molecular formula is C21H19N3O7S. The third kappa shape index (κ3) is 4.72. The number of amides is 1. The first-order valence-electron chi connectivity index (χ1n) is 9.52. The van der Waals surface area contributed by atoms with Crippen molar-refractivity contribution in [3.63, 3.8) is 0 Å². The number of phenols is 1. The molecule has 0 spiro atoms. The number of benzene rings is 2. The van der Waals surface area contributed by atoms with E-state index in [2.05, 4.69) is 4.99 Å². The molecule has 166 valence electrons. The number of carbonyl (C=O) groups is 2. The van der Waals surface area contributed by atoms with Crippen LogP contribution in [0.15, 0.2) is 46.3 Å². The van der Waals surface area contributed by atoms with Crippen LogP contribution in [0.2, 0.25) is 0 Å². The van der Waals surface area contributed by atoms with E-state index in [-0.39, 0.29) is 45.7 Å². The van der Waals surface area contributed by atoms with E-state index in [0.29, 0.717) is 17.4 Å². The van der Waals surface area contributed by atoms with Gasteiger partial charge in [-0.05, 0) is 56.0 Å². The molecule has 1 heterocycles. The summed E-state index contributed by atoms with van der Waals surface area (Å²) in [6.07, 6.45) is 1.36. The van der Waals surface area contributed by atoms with Crippen LogP contribution >= 0.6 is 11.8 Å². The number of ether oxygens (including phenoxy) is 1. The maximum Gasteiger partial charge on any atom is 0.335 e. The van der Waals surface area contributed by atoms with Gasteiger partial charge in [0.15, 0.2) is 16.7 Å². The van der Waals surface area contributed by atoms with Crippen LogP contribution in [0.3, 0.4) is 0 Å². The first kappa shape index (κ1) is 22.8. The van der Waals surface area contributed by atoms with Crippen LogP contribution in [0.25, 0.3) is 6.08 Å². The van der Waals surface area contributed by atoms with Crippen LogP contribution in [0.5, 0.6) is 11.5 Å². The first-order chi connectivity index (χ1) is 15.2. The minimum atomic E-state index is -1.06. The Labute approximate surface area is 187 Å². The molecule has 1 fully saturated rings. The van der Waals surface area contributed by atoms with Gasteiger partial charge in [-0.15, -0.1) is 0 Å². The highest BCUT2D eigenvalue weighted by Crippen LogP contribution is 2.39. The molecule has 1 aliphatic heterocycles. The molecule has 10 nitrogen and oxygen atoms in total. The molecule has 0 bridgehead atoms. The molecule has 0 atom stereocenters. The summed E-state index contributed by atoms with van der Waals surface area (Å²) in [7, 11) is 0. The van der Waals surface area contributed by atoms with Gasteiger partial charge in [-0.1, -0.05) is 0 Å². The van der Waals surface area contributed by atoms with Gasteiger partial charge in [0.1, 0.15) is 0 Å². The lowest BCUT2D eigenvalue weighted by Gasteiger charge is -2.12. The Balaban J connectivity index is 2.00. The third-order valence-corrected chi connectivity index (χ3v) is 5.44. The van der Waals surface area contributed by atoms with Gasteiger partial charge >= 0.3 is 5.97 Å². The number of amidine groups is 1. The quantitative estimate of drug-likeness (QED) is 0.360. The number of likely N-dealkylation sites (N-methyl/N-ethyl adjacent to an activating group) is 1. The Morgan fingerprint density at radius 1 is 1.28 bits per heavy atom. The zero-order chi connectivity index (χ0) is 23.4. The number of non-ortho nitro benzene ring substituents is 1. The molecule has 2 aromatic carbocycles. The molecule has 0 unspecified atom stereocenters. The number of aromatic hydroxyl groups is 1. The number of hydrogen-bond acceptors (Lipinski definition) is 8. The highest BCUT2D eigenvalue weighted by Gasteiger charge is 2.33. The van der Waals surface area contributed by atoms with Gasteiger partial charge in [0.25, 0.3) is 11.6 Å². The molecule has 2 aromatic rings. The van der Waals surface area contributed by atoms with Crippen molar-refractivity contribution in [2.45, 2.75) is 13.8 Å². The number of carboxylic acids is 1. The fourth-order valence-electron chi connectivity index (χ4n) is 2.90. The normalized spacial score (nSPS) is 16.1. The molecule has 2 N–H and O–H groups in total. The number of carboxylic acid groups (broad SMARTS) is 1. The lowest BCUT2D eigenvalue weighted by atomic mass is 10.1. The van der Waals surface area contributed by atoms with Crippen LogP contribution in [-0.4, -0.2) is 50.2 Å². The standard InChI is InChI=1S/C21H19N3O7S/c1-3-23-19(26)17(32-21(23)22-14-7-5-12(6-8-14)20(27)28)10-13-9-15(24(29)30)11-16(18(13)25)31-4-2/h5-11,25H,3-4H2,1-2H3,(H,27,28). The van der Waals surface area contributed by atoms with E-state index in [4.69, 9.17) is 9.84 Å². The Hall–Kier alpha value is -3.86. The fourth-order valence-corrected chi connectivity index (χ4v) is 3.95. The second kappa shape index (κ2) is 9.52. The maximum atomic E-state index is 12.9. The maximum absolute atomic E-state index is 12.9. The molecule has 0 aromatic heterocycles. The molecule has 1 aliphatic rings. The summed E-state index contributed by atoms with van der Waals surface area (Å²) in [6.45, 7) is 3.96. The van der Waals surface area contributed by atoms with E-state index in [0.717, 1.165) is 23.9 Å². The SMILES string of the molecule is CCOc1cc([N+](=O)[O-])cc(C=C2SC(=Nc3ccc(C(=O)O)cc3)N(CC)C2=O)c1O. The average Bonchev–Trinajstić information content (AvgIpc) is 3.05. The molecule has 0 saturated carbocycles. The highest BCUT2D eigenvalue weighted by molar-refractivity contribution is 8.18. The van der Waals surface area contributed by atoms with Gasteiger partial charge < -0.3 is 14.9 Å². The summed E-state index contributed by atoms with van der Waals surface area (Å²) in [4.78, 5) is 40.6. The number of thioether (sulfide) groups is 1. The van der Waals surface area contributed by atoms with E-state index in [1.54, 1.807) is 13.8 Å². The molecule has 0 aliphatic carbocycles. The van der Waals surface area contributed by atoms with Crippen molar-refractivity contribution in [1.82, 2.24) is 4.90 Å². The first-order valence-corrected chi connectivity index (χ1v) is 10.3. The Morgan fingerprint density at radius 2 is 1.97 bits per heavy atom. The van der Waals surface area contributed by atoms with E-state index < -0.39 is 10.9 Å². The number of nitrogens with zero attached hydrogens (tertiary/aromatic N) is 3. The average molecular weight is 457 g/mol. The smallest absolute Gasteiger partial charge is 0.335 e. The number of phenolic OH excluding ortho intramolecular Hbond substituents is 1. The molecule has 32 heavy (non-hydrogen) atoms. The van der Waals surface area contributed by atoms with Gasteiger partial charge in [-0.3, -0.25) is 19.8 Å². The van der Waals surface area contributed by atoms with E-state index in [1.165, 1.54) is 35.2 Å². The Morgan fingerprint density at radius 3 is 2.53 bits per heavy atom. The number of nitro groups is 1. The van der Waals surface area contributed by atoms with Gasteiger partial charge in [0, 0.05) is 18.2 Å². The third-order valence-electron chi connectivity index (χ3n) is 4.43.